The summed E-state index contributed by atoms with van der Waals surface area (Å²) in [4.78, 5) is 26.6. The molecule has 4 rings (SSSR count). The summed E-state index contributed by atoms with van der Waals surface area (Å²) in [5, 5.41) is 9.88. The quantitative estimate of drug-likeness (QED) is 0.905. The average Bonchev–Trinajstić information content (AvgIpc) is 3.16. The summed E-state index contributed by atoms with van der Waals surface area (Å²) in [6.45, 7) is 1.64. The van der Waals surface area contributed by atoms with Crippen LogP contribution in [0.25, 0.3) is 0 Å². The van der Waals surface area contributed by atoms with E-state index in [0.29, 0.717) is 39.0 Å². The van der Waals surface area contributed by atoms with Gasteiger partial charge in [-0.1, -0.05) is 42.5 Å². The highest BCUT2D eigenvalue weighted by Gasteiger charge is 2.43. The zero-order valence-corrected chi connectivity index (χ0v) is 15.2. The second-order valence-electron chi connectivity index (χ2n) is 7.35. The Morgan fingerprint density at radius 3 is 2.52 bits per heavy atom. The van der Waals surface area contributed by atoms with Gasteiger partial charge in [-0.25, -0.2) is 0 Å². The monoisotopic (exact) mass is 365 g/mol. The van der Waals surface area contributed by atoms with E-state index in [4.69, 9.17) is 4.74 Å². The minimum Gasteiger partial charge on any atom is -0.493 e. The summed E-state index contributed by atoms with van der Waals surface area (Å²) in [6, 6.07) is 15.3. The van der Waals surface area contributed by atoms with E-state index in [1.54, 1.807) is 4.90 Å². The number of likely N-dealkylation sites (tertiary alicyclic amines) is 1. The van der Waals surface area contributed by atoms with Crippen molar-refractivity contribution in [2.45, 2.75) is 31.1 Å². The van der Waals surface area contributed by atoms with Gasteiger partial charge in [-0.3, -0.25) is 9.59 Å². The number of carboxylic acids is 1. The molecule has 5 nitrogen and oxygen atoms in total. The molecule has 1 amide bonds. The minimum absolute atomic E-state index is 0.0564. The highest BCUT2D eigenvalue weighted by atomic mass is 16.5. The Bertz CT molecular complexity index is 854. The van der Waals surface area contributed by atoms with Crippen LogP contribution in [0.1, 0.15) is 29.5 Å². The SMILES string of the molecule is O=C(Cc1ccc2c(c1)CCO2)N1CCC(C(=O)O)(c2ccccc2)CC1. The Balaban J connectivity index is 1.44. The smallest absolute Gasteiger partial charge is 0.314 e. The first-order valence-electron chi connectivity index (χ1n) is 9.40. The van der Waals surface area contributed by atoms with Crippen LogP contribution in [0.4, 0.5) is 0 Å². The Hall–Kier alpha value is -2.82. The number of carbonyl (C=O) groups excluding carboxylic acids is 1. The number of carbonyl (C=O) groups is 2. The lowest BCUT2D eigenvalue weighted by Gasteiger charge is -2.39. The van der Waals surface area contributed by atoms with Crippen molar-refractivity contribution in [1.29, 1.82) is 0 Å². The topological polar surface area (TPSA) is 66.8 Å². The molecule has 2 aliphatic heterocycles. The fourth-order valence-corrected chi connectivity index (χ4v) is 4.16. The van der Waals surface area contributed by atoms with Crippen LogP contribution in [0.3, 0.4) is 0 Å². The molecule has 0 saturated carbocycles. The van der Waals surface area contributed by atoms with Gasteiger partial charge in [0.05, 0.1) is 18.4 Å². The number of ether oxygens (including phenoxy) is 1. The molecule has 1 fully saturated rings. The van der Waals surface area contributed by atoms with E-state index in [-0.39, 0.29) is 5.91 Å². The fraction of sp³-hybridized carbons (Fsp3) is 0.364. The van der Waals surface area contributed by atoms with Gasteiger partial charge < -0.3 is 14.7 Å². The minimum atomic E-state index is -0.900. The van der Waals surface area contributed by atoms with Crippen LogP contribution in [-0.2, 0) is 27.8 Å². The first-order valence-corrected chi connectivity index (χ1v) is 9.40. The summed E-state index contributed by atoms with van der Waals surface area (Å²) in [7, 11) is 0. The van der Waals surface area contributed by atoms with Crippen molar-refractivity contribution in [3.63, 3.8) is 0 Å². The second kappa shape index (κ2) is 7.06. The van der Waals surface area contributed by atoms with Crippen LogP contribution in [0, 0.1) is 0 Å². The third-order valence-electron chi connectivity index (χ3n) is 5.81. The van der Waals surface area contributed by atoms with Crippen molar-refractivity contribution in [2.24, 2.45) is 0 Å². The molecule has 2 aromatic rings. The standard InChI is InChI=1S/C22H23NO4/c24-20(15-16-6-7-19-17(14-16)8-13-27-19)23-11-9-22(10-12-23,21(25)26)18-4-2-1-3-5-18/h1-7,14H,8-13,15H2,(H,25,26). The molecule has 140 valence electrons. The summed E-state index contributed by atoms with van der Waals surface area (Å²) >= 11 is 0. The molecule has 2 aliphatic rings. The van der Waals surface area contributed by atoms with Gasteiger partial charge in [-0.05, 0) is 35.6 Å². The predicted molar refractivity (Wildman–Crippen MR) is 101 cm³/mol. The molecule has 1 saturated heterocycles. The van der Waals surface area contributed by atoms with Gasteiger partial charge in [0.2, 0.25) is 5.91 Å². The Labute approximate surface area is 158 Å². The number of fused-ring (bicyclic) bond motifs is 1. The summed E-state index contributed by atoms with van der Waals surface area (Å²) in [5.41, 5.74) is 2.07. The molecule has 0 atom stereocenters. The highest BCUT2D eigenvalue weighted by molar-refractivity contribution is 5.83. The Morgan fingerprint density at radius 1 is 1.07 bits per heavy atom. The van der Waals surface area contributed by atoms with Gasteiger partial charge in [0.25, 0.3) is 0 Å². The van der Waals surface area contributed by atoms with Crippen molar-refractivity contribution in [3.05, 3.63) is 65.2 Å². The van der Waals surface area contributed by atoms with E-state index in [1.807, 2.05) is 42.5 Å². The zero-order chi connectivity index (χ0) is 18.9. The van der Waals surface area contributed by atoms with Gasteiger partial charge in [-0.2, -0.15) is 0 Å². The van der Waals surface area contributed by atoms with E-state index in [0.717, 1.165) is 28.9 Å². The van der Waals surface area contributed by atoms with Gasteiger partial charge in [0.15, 0.2) is 0 Å². The molecular weight excluding hydrogens is 342 g/mol. The maximum absolute atomic E-state index is 12.7. The maximum Gasteiger partial charge on any atom is 0.314 e. The number of carboxylic acid groups (broad SMARTS) is 1. The molecule has 0 spiro atoms. The third kappa shape index (κ3) is 3.29. The van der Waals surface area contributed by atoms with Crippen LogP contribution < -0.4 is 4.74 Å². The molecule has 0 aromatic heterocycles. The summed E-state index contributed by atoms with van der Waals surface area (Å²) in [6.07, 6.45) is 2.12. The highest BCUT2D eigenvalue weighted by Crippen LogP contribution is 2.36. The van der Waals surface area contributed by atoms with E-state index in [2.05, 4.69) is 6.07 Å². The number of piperidine rings is 1. The Morgan fingerprint density at radius 2 is 1.81 bits per heavy atom. The van der Waals surface area contributed by atoms with E-state index >= 15 is 0 Å². The first-order chi connectivity index (χ1) is 13.1. The molecule has 0 bridgehead atoms. The zero-order valence-electron chi connectivity index (χ0n) is 15.2. The van der Waals surface area contributed by atoms with E-state index < -0.39 is 11.4 Å². The first kappa shape index (κ1) is 17.6. The van der Waals surface area contributed by atoms with Crippen LogP contribution in [0.5, 0.6) is 5.75 Å². The van der Waals surface area contributed by atoms with Crippen molar-refractivity contribution in [2.75, 3.05) is 19.7 Å². The number of rotatable bonds is 4. The number of aliphatic carboxylic acids is 1. The molecule has 2 heterocycles. The van der Waals surface area contributed by atoms with Gasteiger partial charge in [-0.15, -0.1) is 0 Å². The molecule has 0 unspecified atom stereocenters. The molecule has 0 radical (unpaired) electrons. The number of hydrogen-bond donors (Lipinski definition) is 1. The molecular formula is C22H23NO4. The van der Waals surface area contributed by atoms with Gasteiger partial charge in [0.1, 0.15) is 5.75 Å². The van der Waals surface area contributed by atoms with Crippen LogP contribution >= 0.6 is 0 Å². The lowest BCUT2D eigenvalue weighted by atomic mass is 9.73. The van der Waals surface area contributed by atoms with Gasteiger partial charge in [0, 0.05) is 19.5 Å². The molecule has 5 heteroatoms. The predicted octanol–water partition coefficient (Wildman–Crippen LogP) is 2.81. The lowest BCUT2D eigenvalue weighted by molar-refractivity contribution is -0.148. The van der Waals surface area contributed by atoms with Crippen LogP contribution in [-0.4, -0.2) is 41.6 Å². The van der Waals surface area contributed by atoms with Crippen molar-refractivity contribution >= 4 is 11.9 Å². The number of amides is 1. The van der Waals surface area contributed by atoms with Crippen molar-refractivity contribution < 1.29 is 19.4 Å². The molecule has 27 heavy (non-hydrogen) atoms. The maximum atomic E-state index is 12.7. The average molecular weight is 365 g/mol. The number of hydrogen-bond acceptors (Lipinski definition) is 3. The fourth-order valence-electron chi connectivity index (χ4n) is 4.16. The van der Waals surface area contributed by atoms with Crippen LogP contribution in [0.15, 0.2) is 48.5 Å². The Kier molecular flexibility index (Phi) is 4.60. The summed E-state index contributed by atoms with van der Waals surface area (Å²) < 4.78 is 5.51. The molecule has 0 aliphatic carbocycles. The number of nitrogens with zero attached hydrogens (tertiary/aromatic N) is 1. The van der Waals surface area contributed by atoms with Crippen molar-refractivity contribution in [3.8, 4) is 5.75 Å². The van der Waals surface area contributed by atoms with Crippen LogP contribution in [0.2, 0.25) is 0 Å². The summed E-state index contributed by atoms with van der Waals surface area (Å²) in [5.74, 6) is 0.165. The van der Waals surface area contributed by atoms with E-state index in [9.17, 15) is 14.7 Å². The van der Waals surface area contributed by atoms with Gasteiger partial charge >= 0.3 is 5.97 Å². The lowest BCUT2D eigenvalue weighted by Crippen LogP contribution is -2.49. The molecule has 2 aromatic carbocycles. The normalized spacial score (nSPS) is 17.9. The molecule has 1 N–H and O–H groups in total. The third-order valence-corrected chi connectivity index (χ3v) is 5.81. The largest absolute Gasteiger partial charge is 0.493 e. The van der Waals surface area contributed by atoms with Crippen molar-refractivity contribution in [1.82, 2.24) is 4.90 Å². The number of benzene rings is 2. The second-order valence-corrected chi connectivity index (χ2v) is 7.35. The van der Waals surface area contributed by atoms with E-state index in [1.165, 1.54) is 0 Å².